The largest absolute Gasteiger partial charge is 0.508 e. The number of Topliss-reactive ketones (excluding diaryl/α,β-unsaturated/α-hetero) is 1. The number of hydrogen-bond acceptors (Lipinski definition) is 5. The van der Waals surface area contributed by atoms with Crippen LogP contribution >= 0.6 is 0 Å². The van der Waals surface area contributed by atoms with Crippen LogP contribution in [0.15, 0.2) is 48.7 Å². The average Bonchev–Trinajstić information content (AvgIpc) is 2.63. The monoisotopic (exact) mass is 336 g/mol. The van der Waals surface area contributed by atoms with Crippen molar-refractivity contribution in [3.63, 3.8) is 0 Å². The summed E-state index contributed by atoms with van der Waals surface area (Å²) in [5.41, 5.74) is 2.86. The number of hydrogen-bond donors (Lipinski definition) is 2. The van der Waals surface area contributed by atoms with E-state index >= 15 is 0 Å². The maximum absolute atomic E-state index is 12.6. The lowest BCUT2D eigenvalue weighted by molar-refractivity contribution is 0.0983. The van der Waals surface area contributed by atoms with E-state index in [9.17, 15) is 9.90 Å². The van der Waals surface area contributed by atoms with E-state index in [4.69, 9.17) is 4.74 Å². The van der Waals surface area contributed by atoms with Gasteiger partial charge in [0.05, 0.1) is 12.8 Å². The smallest absolute Gasteiger partial charge is 0.163 e. The summed E-state index contributed by atoms with van der Waals surface area (Å²) in [6, 6.07) is 12.2. The molecule has 1 heterocycles. The zero-order chi connectivity index (χ0) is 17.8. The quantitative estimate of drug-likeness (QED) is 0.505. The number of nitrogens with one attached hydrogen (secondary N) is 1. The number of benzene rings is 2. The lowest BCUT2D eigenvalue weighted by atomic mass is 9.99. The summed E-state index contributed by atoms with van der Waals surface area (Å²) in [5.74, 6) is 0.903. The molecule has 128 valence electrons. The highest BCUT2D eigenvalue weighted by molar-refractivity contribution is 6.13. The molecule has 0 bridgehead atoms. The normalized spacial score (nSPS) is 10.6. The number of anilines is 2. The summed E-state index contributed by atoms with van der Waals surface area (Å²) in [4.78, 5) is 17.0. The molecule has 0 amide bonds. The Kier molecular flexibility index (Phi) is 4.84. The molecule has 0 aliphatic carbocycles. The highest BCUT2D eigenvalue weighted by Gasteiger charge is 2.16. The van der Waals surface area contributed by atoms with Gasteiger partial charge in [0, 0.05) is 29.3 Å². The molecule has 0 aliphatic heterocycles. The van der Waals surface area contributed by atoms with Crippen LogP contribution in [-0.2, 0) is 0 Å². The van der Waals surface area contributed by atoms with Crippen LogP contribution in [0.25, 0.3) is 10.9 Å². The number of aromatic hydroxyl groups is 1. The van der Waals surface area contributed by atoms with Crippen molar-refractivity contribution in [2.75, 3.05) is 12.4 Å². The molecule has 0 radical (unpaired) electrons. The van der Waals surface area contributed by atoms with Crippen molar-refractivity contribution >= 4 is 28.1 Å². The number of aromatic nitrogens is 1. The SMILES string of the molecule is CCCC(=O)c1ccc(OC)c2nccc(Nc3ccc(O)cc3)c12. The summed E-state index contributed by atoms with van der Waals surface area (Å²) in [6.45, 7) is 1.98. The number of nitrogens with zero attached hydrogens (tertiary/aromatic N) is 1. The van der Waals surface area contributed by atoms with E-state index in [-0.39, 0.29) is 11.5 Å². The minimum absolute atomic E-state index is 0.0805. The van der Waals surface area contributed by atoms with Crippen molar-refractivity contribution in [2.45, 2.75) is 19.8 Å². The van der Waals surface area contributed by atoms with Crippen molar-refractivity contribution in [2.24, 2.45) is 0 Å². The summed E-state index contributed by atoms with van der Waals surface area (Å²) in [7, 11) is 1.59. The molecule has 2 aromatic carbocycles. The number of fused-ring (bicyclic) bond motifs is 1. The number of pyridine rings is 1. The molecule has 5 nitrogen and oxygen atoms in total. The third-order valence-corrected chi connectivity index (χ3v) is 4.00. The Bertz CT molecular complexity index is 905. The molecule has 3 rings (SSSR count). The Morgan fingerprint density at radius 1 is 1.16 bits per heavy atom. The Morgan fingerprint density at radius 3 is 2.60 bits per heavy atom. The Morgan fingerprint density at radius 2 is 1.92 bits per heavy atom. The molecule has 1 aromatic heterocycles. The number of carbonyl (C=O) groups excluding carboxylic acids is 1. The van der Waals surface area contributed by atoms with Gasteiger partial charge in [0.15, 0.2) is 5.78 Å². The second-order valence-corrected chi connectivity index (χ2v) is 5.74. The van der Waals surface area contributed by atoms with E-state index in [2.05, 4.69) is 10.3 Å². The fourth-order valence-corrected chi connectivity index (χ4v) is 2.81. The van der Waals surface area contributed by atoms with Crippen LogP contribution in [0, 0.1) is 0 Å². The van der Waals surface area contributed by atoms with Gasteiger partial charge in [0.1, 0.15) is 17.0 Å². The first kappa shape index (κ1) is 16.8. The molecule has 0 aliphatic rings. The van der Waals surface area contributed by atoms with Gasteiger partial charge in [-0.3, -0.25) is 9.78 Å². The van der Waals surface area contributed by atoms with Crippen LogP contribution in [0.5, 0.6) is 11.5 Å². The molecule has 5 heteroatoms. The van der Waals surface area contributed by atoms with Crippen LogP contribution < -0.4 is 10.1 Å². The van der Waals surface area contributed by atoms with E-state index in [1.54, 1.807) is 49.7 Å². The summed E-state index contributed by atoms with van der Waals surface area (Å²) in [6.07, 6.45) is 2.95. The Balaban J connectivity index is 2.16. The van der Waals surface area contributed by atoms with Crippen LogP contribution in [0.4, 0.5) is 11.4 Å². The van der Waals surface area contributed by atoms with E-state index in [0.717, 1.165) is 23.2 Å². The minimum atomic E-state index is 0.0805. The van der Waals surface area contributed by atoms with Gasteiger partial charge in [-0.25, -0.2) is 0 Å². The number of ketones is 1. The average molecular weight is 336 g/mol. The highest BCUT2D eigenvalue weighted by Crippen LogP contribution is 2.34. The predicted octanol–water partition coefficient (Wildman–Crippen LogP) is 4.68. The second kappa shape index (κ2) is 7.21. The minimum Gasteiger partial charge on any atom is -0.508 e. The Hall–Kier alpha value is -3.08. The number of rotatable bonds is 6. The summed E-state index contributed by atoms with van der Waals surface area (Å²) < 4.78 is 5.41. The highest BCUT2D eigenvalue weighted by atomic mass is 16.5. The maximum atomic E-state index is 12.6. The van der Waals surface area contributed by atoms with Crippen molar-refractivity contribution in [3.8, 4) is 11.5 Å². The van der Waals surface area contributed by atoms with Gasteiger partial charge in [-0.15, -0.1) is 0 Å². The third kappa shape index (κ3) is 3.40. The van der Waals surface area contributed by atoms with Crippen LogP contribution in [-0.4, -0.2) is 23.0 Å². The predicted molar refractivity (Wildman–Crippen MR) is 98.9 cm³/mol. The molecule has 0 fully saturated rings. The van der Waals surface area contributed by atoms with Gasteiger partial charge in [0.25, 0.3) is 0 Å². The fraction of sp³-hybridized carbons (Fsp3) is 0.200. The number of phenolic OH excluding ortho intramolecular Hbond substituents is 1. The van der Waals surface area contributed by atoms with Crippen molar-refractivity contribution in [1.82, 2.24) is 4.98 Å². The first-order valence-electron chi connectivity index (χ1n) is 8.19. The van der Waals surface area contributed by atoms with Gasteiger partial charge < -0.3 is 15.2 Å². The van der Waals surface area contributed by atoms with E-state index < -0.39 is 0 Å². The fourth-order valence-electron chi connectivity index (χ4n) is 2.81. The van der Waals surface area contributed by atoms with E-state index in [0.29, 0.717) is 23.3 Å². The van der Waals surface area contributed by atoms with Gasteiger partial charge in [-0.05, 0) is 48.9 Å². The summed E-state index contributed by atoms with van der Waals surface area (Å²) in [5, 5.41) is 13.5. The molecule has 0 spiro atoms. The zero-order valence-electron chi connectivity index (χ0n) is 14.2. The van der Waals surface area contributed by atoms with E-state index in [1.807, 2.05) is 13.0 Å². The molecule has 25 heavy (non-hydrogen) atoms. The van der Waals surface area contributed by atoms with Crippen LogP contribution in [0.1, 0.15) is 30.1 Å². The standard InChI is InChI=1S/C20H20N2O3/c1-3-4-17(24)15-9-10-18(25-2)20-19(15)16(11-12-21-20)22-13-5-7-14(23)8-6-13/h5-12,23H,3-4H2,1-2H3,(H,21,22). The van der Waals surface area contributed by atoms with Crippen molar-refractivity contribution < 1.29 is 14.6 Å². The lowest BCUT2D eigenvalue weighted by Crippen LogP contribution is -2.03. The number of carbonyl (C=O) groups is 1. The maximum Gasteiger partial charge on any atom is 0.163 e. The van der Waals surface area contributed by atoms with Gasteiger partial charge >= 0.3 is 0 Å². The van der Waals surface area contributed by atoms with Crippen LogP contribution in [0.3, 0.4) is 0 Å². The molecule has 0 atom stereocenters. The molecule has 3 aromatic rings. The molecule has 0 unspecified atom stereocenters. The van der Waals surface area contributed by atoms with Gasteiger partial charge in [-0.2, -0.15) is 0 Å². The number of ether oxygens (including phenoxy) is 1. The molecule has 2 N–H and O–H groups in total. The first-order valence-corrected chi connectivity index (χ1v) is 8.19. The zero-order valence-corrected chi connectivity index (χ0v) is 14.2. The number of methoxy groups -OCH3 is 1. The molecule has 0 saturated heterocycles. The molecular weight excluding hydrogens is 316 g/mol. The van der Waals surface area contributed by atoms with E-state index in [1.165, 1.54) is 0 Å². The van der Waals surface area contributed by atoms with Crippen molar-refractivity contribution in [3.05, 3.63) is 54.2 Å². The first-order chi connectivity index (χ1) is 12.1. The second-order valence-electron chi connectivity index (χ2n) is 5.74. The van der Waals surface area contributed by atoms with Gasteiger partial charge in [-0.1, -0.05) is 6.92 Å². The number of phenols is 1. The van der Waals surface area contributed by atoms with Gasteiger partial charge in [0.2, 0.25) is 0 Å². The topological polar surface area (TPSA) is 71.5 Å². The molecular formula is C20H20N2O3. The lowest BCUT2D eigenvalue weighted by Gasteiger charge is -2.14. The Labute approximate surface area is 146 Å². The summed E-state index contributed by atoms with van der Waals surface area (Å²) >= 11 is 0. The van der Waals surface area contributed by atoms with Crippen molar-refractivity contribution in [1.29, 1.82) is 0 Å². The third-order valence-electron chi connectivity index (χ3n) is 4.00. The van der Waals surface area contributed by atoms with Crippen LogP contribution in [0.2, 0.25) is 0 Å². The molecule has 0 saturated carbocycles.